The molecule has 0 radical (unpaired) electrons. The average Bonchev–Trinajstić information content (AvgIpc) is 2.42. The molecule has 2 aliphatic rings. The highest BCUT2D eigenvalue weighted by molar-refractivity contribution is 5.85. The summed E-state index contributed by atoms with van der Waals surface area (Å²) in [4.78, 5) is 14.5. The summed E-state index contributed by atoms with van der Waals surface area (Å²) in [6, 6.07) is 0.954. The molecule has 1 heterocycles. The van der Waals surface area contributed by atoms with Gasteiger partial charge in [0, 0.05) is 12.1 Å². The quantitative estimate of drug-likeness (QED) is 0.817. The SMILES string of the molecule is Cl.NCCC1CCCCN1CC(=O)NC1CCCCC1. The number of hydrogen-bond acceptors (Lipinski definition) is 3. The normalized spacial score (nSPS) is 24.9. The number of carbonyl (C=O) groups excluding carboxylic acids is 1. The van der Waals surface area contributed by atoms with E-state index in [1.807, 2.05) is 0 Å². The Bertz CT molecular complexity index is 280. The molecule has 0 bridgehead atoms. The number of piperidine rings is 1. The third-order valence-corrected chi connectivity index (χ3v) is 4.57. The van der Waals surface area contributed by atoms with Gasteiger partial charge in [-0.25, -0.2) is 0 Å². The molecule has 118 valence electrons. The fourth-order valence-corrected chi connectivity index (χ4v) is 3.49. The standard InChI is InChI=1S/C15H29N3O.ClH/c16-10-9-14-8-4-5-11-18(14)12-15(19)17-13-6-2-1-3-7-13;/h13-14H,1-12,16H2,(H,17,19);1H. The summed E-state index contributed by atoms with van der Waals surface area (Å²) < 4.78 is 0. The zero-order chi connectivity index (χ0) is 13.5. The molecule has 1 aliphatic carbocycles. The summed E-state index contributed by atoms with van der Waals surface area (Å²) in [5.74, 6) is 0.218. The molecular formula is C15H30ClN3O. The van der Waals surface area contributed by atoms with Crippen molar-refractivity contribution in [3.05, 3.63) is 0 Å². The summed E-state index contributed by atoms with van der Waals surface area (Å²) in [5.41, 5.74) is 5.67. The minimum Gasteiger partial charge on any atom is -0.352 e. The third-order valence-electron chi connectivity index (χ3n) is 4.57. The van der Waals surface area contributed by atoms with Gasteiger partial charge in [-0.15, -0.1) is 12.4 Å². The van der Waals surface area contributed by atoms with E-state index in [1.54, 1.807) is 0 Å². The van der Waals surface area contributed by atoms with Gasteiger partial charge in [-0.1, -0.05) is 25.7 Å². The second kappa shape index (κ2) is 9.59. The highest BCUT2D eigenvalue weighted by atomic mass is 35.5. The second-order valence-corrected chi connectivity index (χ2v) is 6.10. The maximum absolute atomic E-state index is 12.1. The Labute approximate surface area is 129 Å². The number of halogens is 1. The van der Waals surface area contributed by atoms with Crippen LogP contribution in [0, 0.1) is 0 Å². The van der Waals surface area contributed by atoms with Crippen LogP contribution in [0.4, 0.5) is 0 Å². The van der Waals surface area contributed by atoms with Gasteiger partial charge >= 0.3 is 0 Å². The molecule has 1 unspecified atom stereocenters. The maximum Gasteiger partial charge on any atom is 0.234 e. The predicted molar refractivity (Wildman–Crippen MR) is 85.1 cm³/mol. The molecule has 2 fully saturated rings. The number of carbonyl (C=O) groups is 1. The first-order valence-corrected chi connectivity index (χ1v) is 8.03. The highest BCUT2D eigenvalue weighted by Crippen LogP contribution is 2.20. The summed E-state index contributed by atoms with van der Waals surface area (Å²) in [5, 5.41) is 3.22. The molecule has 1 amide bonds. The molecule has 2 rings (SSSR count). The molecule has 0 aromatic carbocycles. The van der Waals surface area contributed by atoms with Gasteiger partial charge in [-0.05, 0) is 45.2 Å². The van der Waals surface area contributed by atoms with Gasteiger partial charge in [0.2, 0.25) is 5.91 Å². The van der Waals surface area contributed by atoms with Crippen molar-refractivity contribution in [2.45, 2.75) is 69.9 Å². The van der Waals surface area contributed by atoms with Crippen molar-refractivity contribution in [3.8, 4) is 0 Å². The van der Waals surface area contributed by atoms with Gasteiger partial charge in [-0.3, -0.25) is 9.69 Å². The van der Waals surface area contributed by atoms with Crippen LogP contribution in [0.25, 0.3) is 0 Å². The lowest BCUT2D eigenvalue weighted by atomic mass is 9.95. The minimum atomic E-state index is 0. The Kier molecular flexibility index (Phi) is 8.50. The van der Waals surface area contributed by atoms with E-state index < -0.39 is 0 Å². The van der Waals surface area contributed by atoms with Gasteiger partial charge in [0.25, 0.3) is 0 Å². The van der Waals surface area contributed by atoms with Crippen molar-refractivity contribution in [1.29, 1.82) is 0 Å². The number of nitrogens with one attached hydrogen (secondary N) is 1. The van der Waals surface area contributed by atoms with Crippen LogP contribution in [0.5, 0.6) is 0 Å². The van der Waals surface area contributed by atoms with Crippen LogP contribution in [0.1, 0.15) is 57.8 Å². The lowest BCUT2D eigenvalue weighted by Crippen LogP contribution is -2.48. The number of nitrogens with zero attached hydrogens (tertiary/aromatic N) is 1. The first kappa shape index (κ1) is 17.7. The van der Waals surface area contributed by atoms with Crippen LogP contribution < -0.4 is 11.1 Å². The molecule has 4 nitrogen and oxygen atoms in total. The van der Waals surface area contributed by atoms with Gasteiger partial charge in [0.05, 0.1) is 6.54 Å². The van der Waals surface area contributed by atoms with Gasteiger partial charge < -0.3 is 11.1 Å². The van der Waals surface area contributed by atoms with Gasteiger partial charge in [0.1, 0.15) is 0 Å². The van der Waals surface area contributed by atoms with E-state index in [4.69, 9.17) is 5.73 Å². The van der Waals surface area contributed by atoms with E-state index in [1.165, 1.54) is 38.5 Å². The molecule has 3 N–H and O–H groups in total. The van der Waals surface area contributed by atoms with Crippen molar-refractivity contribution < 1.29 is 4.79 Å². The van der Waals surface area contributed by atoms with E-state index in [0.29, 0.717) is 18.6 Å². The van der Waals surface area contributed by atoms with Crippen LogP contribution >= 0.6 is 12.4 Å². The zero-order valence-electron chi connectivity index (χ0n) is 12.5. The Morgan fingerprint density at radius 3 is 2.50 bits per heavy atom. The van der Waals surface area contributed by atoms with Crippen LogP contribution in [-0.4, -0.2) is 42.5 Å². The van der Waals surface area contributed by atoms with Crippen LogP contribution in [0.3, 0.4) is 0 Å². The summed E-state index contributed by atoms with van der Waals surface area (Å²) in [6.07, 6.45) is 10.9. The second-order valence-electron chi connectivity index (χ2n) is 6.10. The van der Waals surface area contributed by atoms with Crippen molar-refractivity contribution >= 4 is 18.3 Å². The molecular weight excluding hydrogens is 274 g/mol. The number of nitrogens with two attached hydrogens (primary N) is 1. The molecule has 1 atom stereocenters. The van der Waals surface area contributed by atoms with E-state index in [9.17, 15) is 4.79 Å². The fourth-order valence-electron chi connectivity index (χ4n) is 3.49. The molecule has 1 aliphatic heterocycles. The Balaban J connectivity index is 0.00000200. The van der Waals surface area contributed by atoms with Crippen molar-refractivity contribution in [3.63, 3.8) is 0 Å². The zero-order valence-corrected chi connectivity index (χ0v) is 13.3. The summed E-state index contributed by atoms with van der Waals surface area (Å²) in [7, 11) is 0. The van der Waals surface area contributed by atoms with Gasteiger partial charge in [-0.2, -0.15) is 0 Å². The summed E-state index contributed by atoms with van der Waals surface area (Å²) >= 11 is 0. The predicted octanol–water partition coefficient (Wildman–Crippen LogP) is 2.06. The number of amides is 1. The Morgan fingerprint density at radius 2 is 1.80 bits per heavy atom. The van der Waals surface area contributed by atoms with Crippen LogP contribution in [0.2, 0.25) is 0 Å². The monoisotopic (exact) mass is 303 g/mol. The molecule has 1 saturated carbocycles. The van der Waals surface area contributed by atoms with Crippen molar-refractivity contribution in [1.82, 2.24) is 10.2 Å². The van der Waals surface area contributed by atoms with Crippen LogP contribution in [0.15, 0.2) is 0 Å². The Morgan fingerprint density at radius 1 is 1.10 bits per heavy atom. The minimum absolute atomic E-state index is 0. The molecule has 5 heteroatoms. The fraction of sp³-hybridized carbons (Fsp3) is 0.933. The van der Waals surface area contributed by atoms with E-state index in [-0.39, 0.29) is 18.3 Å². The smallest absolute Gasteiger partial charge is 0.234 e. The van der Waals surface area contributed by atoms with Crippen molar-refractivity contribution in [2.75, 3.05) is 19.6 Å². The van der Waals surface area contributed by atoms with Crippen molar-refractivity contribution in [2.24, 2.45) is 5.73 Å². The number of hydrogen-bond donors (Lipinski definition) is 2. The highest BCUT2D eigenvalue weighted by Gasteiger charge is 2.24. The third kappa shape index (κ3) is 5.58. The topological polar surface area (TPSA) is 58.4 Å². The largest absolute Gasteiger partial charge is 0.352 e. The molecule has 20 heavy (non-hydrogen) atoms. The van der Waals surface area contributed by atoms with E-state index in [2.05, 4.69) is 10.2 Å². The van der Waals surface area contributed by atoms with Crippen LogP contribution in [-0.2, 0) is 4.79 Å². The lowest BCUT2D eigenvalue weighted by Gasteiger charge is -2.35. The Hall–Kier alpha value is -0.320. The molecule has 0 aromatic rings. The molecule has 0 aromatic heterocycles. The lowest BCUT2D eigenvalue weighted by molar-refractivity contribution is -0.124. The summed E-state index contributed by atoms with van der Waals surface area (Å²) in [6.45, 7) is 2.36. The average molecular weight is 304 g/mol. The first-order chi connectivity index (χ1) is 9.29. The van der Waals surface area contributed by atoms with E-state index in [0.717, 1.165) is 32.4 Å². The molecule has 0 spiro atoms. The number of rotatable bonds is 5. The maximum atomic E-state index is 12.1. The number of likely N-dealkylation sites (tertiary alicyclic amines) is 1. The van der Waals surface area contributed by atoms with Gasteiger partial charge in [0.15, 0.2) is 0 Å². The molecule has 1 saturated heterocycles. The first-order valence-electron chi connectivity index (χ1n) is 8.03. The van der Waals surface area contributed by atoms with E-state index >= 15 is 0 Å².